The van der Waals surface area contributed by atoms with Gasteiger partial charge in [-0.2, -0.15) is 0 Å². The Kier molecular flexibility index (Phi) is 3.40. The van der Waals surface area contributed by atoms with E-state index in [0.717, 1.165) is 31.1 Å². The minimum atomic E-state index is -2.33. The molecule has 0 aliphatic heterocycles. The first-order valence-corrected chi connectivity index (χ1v) is 7.98. The molecule has 2 heteroatoms. The van der Waals surface area contributed by atoms with E-state index in [9.17, 15) is 8.78 Å². The van der Waals surface area contributed by atoms with E-state index in [1.54, 1.807) is 0 Å². The largest absolute Gasteiger partial charge is 0.251 e. The molecule has 0 nitrogen and oxygen atoms in total. The first-order valence-electron chi connectivity index (χ1n) is 7.98. The first-order chi connectivity index (χ1) is 8.60. The molecule has 0 heterocycles. The van der Waals surface area contributed by atoms with E-state index in [0.29, 0.717) is 11.8 Å². The Morgan fingerprint density at radius 3 is 2.11 bits per heavy atom. The van der Waals surface area contributed by atoms with Crippen molar-refractivity contribution in [1.29, 1.82) is 0 Å². The molecular weight excluding hydrogens is 230 g/mol. The number of alkyl halides is 2. The van der Waals surface area contributed by atoms with Crippen LogP contribution < -0.4 is 0 Å². The highest BCUT2D eigenvalue weighted by Crippen LogP contribution is 2.54. The zero-order valence-electron chi connectivity index (χ0n) is 11.5. The summed E-state index contributed by atoms with van der Waals surface area (Å²) in [5.41, 5.74) is 0. The minimum absolute atomic E-state index is 0.198. The molecule has 0 aromatic carbocycles. The molecule has 3 saturated carbocycles. The third-order valence-corrected chi connectivity index (χ3v) is 5.52. The third-order valence-electron chi connectivity index (χ3n) is 5.52. The Labute approximate surface area is 110 Å². The van der Waals surface area contributed by atoms with Crippen LogP contribution in [0.4, 0.5) is 8.78 Å². The molecule has 3 aliphatic carbocycles. The topological polar surface area (TPSA) is 0 Å². The quantitative estimate of drug-likeness (QED) is 0.554. The lowest BCUT2D eigenvalue weighted by atomic mass is 10.0. The summed E-state index contributed by atoms with van der Waals surface area (Å²) in [6, 6.07) is 0. The standard InChI is InChI=1S/C16H26F2/c1-2-11-8-12(11)4-3-5-13-9-14(13)10-16(17,18)15-6-7-15/h11-15H,2-10H2,1H3. The normalized spacial score (nSPS) is 38.8. The van der Waals surface area contributed by atoms with Gasteiger partial charge in [-0.1, -0.05) is 32.6 Å². The Balaban J connectivity index is 1.28. The van der Waals surface area contributed by atoms with Crippen LogP contribution in [0, 0.1) is 29.6 Å². The van der Waals surface area contributed by atoms with Gasteiger partial charge in [0.2, 0.25) is 0 Å². The molecule has 18 heavy (non-hydrogen) atoms. The average molecular weight is 256 g/mol. The summed E-state index contributed by atoms with van der Waals surface area (Å²) in [6.07, 6.45) is 9.47. The van der Waals surface area contributed by atoms with Gasteiger partial charge >= 0.3 is 0 Å². The van der Waals surface area contributed by atoms with Crippen molar-refractivity contribution in [3.8, 4) is 0 Å². The van der Waals surface area contributed by atoms with Crippen molar-refractivity contribution in [1.82, 2.24) is 0 Å². The molecule has 3 fully saturated rings. The maximum atomic E-state index is 13.6. The molecule has 0 aromatic rings. The van der Waals surface area contributed by atoms with Crippen LogP contribution in [0.25, 0.3) is 0 Å². The van der Waals surface area contributed by atoms with Crippen LogP contribution in [0.15, 0.2) is 0 Å². The van der Waals surface area contributed by atoms with E-state index in [2.05, 4.69) is 6.92 Å². The van der Waals surface area contributed by atoms with Crippen molar-refractivity contribution in [2.75, 3.05) is 0 Å². The summed E-state index contributed by atoms with van der Waals surface area (Å²) in [5, 5.41) is 0. The molecule has 0 spiro atoms. The van der Waals surface area contributed by atoms with Crippen LogP contribution in [0.5, 0.6) is 0 Å². The van der Waals surface area contributed by atoms with Crippen LogP contribution in [0.3, 0.4) is 0 Å². The maximum absolute atomic E-state index is 13.6. The highest BCUT2D eigenvalue weighted by molar-refractivity contribution is 4.96. The van der Waals surface area contributed by atoms with Gasteiger partial charge in [0, 0.05) is 12.3 Å². The van der Waals surface area contributed by atoms with Gasteiger partial charge in [0.1, 0.15) is 0 Å². The molecule has 0 saturated heterocycles. The minimum Gasteiger partial charge on any atom is -0.207 e. The SMILES string of the molecule is CCC1CC1CCCC1CC1CC(F)(F)C1CC1. The molecule has 0 aromatic heterocycles. The summed E-state index contributed by atoms with van der Waals surface area (Å²) in [5.74, 6) is 0.411. The summed E-state index contributed by atoms with van der Waals surface area (Å²) >= 11 is 0. The molecule has 3 rings (SSSR count). The molecule has 4 unspecified atom stereocenters. The maximum Gasteiger partial charge on any atom is 0.251 e. The molecule has 0 radical (unpaired) electrons. The van der Waals surface area contributed by atoms with Gasteiger partial charge < -0.3 is 0 Å². The summed E-state index contributed by atoms with van der Waals surface area (Å²) in [6.45, 7) is 2.28. The lowest BCUT2D eigenvalue weighted by molar-refractivity contribution is -0.0368. The van der Waals surface area contributed by atoms with Crippen molar-refractivity contribution in [3.05, 3.63) is 0 Å². The fraction of sp³-hybridized carbons (Fsp3) is 1.00. The van der Waals surface area contributed by atoms with E-state index in [1.807, 2.05) is 0 Å². The van der Waals surface area contributed by atoms with Gasteiger partial charge in [0.05, 0.1) is 0 Å². The van der Waals surface area contributed by atoms with E-state index < -0.39 is 5.92 Å². The van der Waals surface area contributed by atoms with Gasteiger partial charge in [0.25, 0.3) is 5.92 Å². The Morgan fingerprint density at radius 2 is 1.56 bits per heavy atom. The first kappa shape index (κ1) is 12.9. The molecule has 104 valence electrons. The Hall–Kier alpha value is -0.140. The van der Waals surface area contributed by atoms with Gasteiger partial charge in [-0.05, 0) is 49.4 Å². The fourth-order valence-electron chi connectivity index (χ4n) is 3.74. The van der Waals surface area contributed by atoms with Gasteiger partial charge in [0.15, 0.2) is 0 Å². The number of halogens is 2. The van der Waals surface area contributed by atoms with Crippen molar-refractivity contribution in [2.24, 2.45) is 29.6 Å². The highest BCUT2D eigenvalue weighted by atomic mass is 19.3. The molecular formula is C16H26F2. The highest BCUT2D eigenvalue weighted by Gasteiger charge is 2.51. The lowest BCUT2D eigenvalue weighted by Crippen LogP contribution is -2.19. The van der Waals surface area contributed by atoms with Crippen molar-refractivity contribution in [2.45, 2.75) is 70.6 Å². The smallest absolute Gasteiger partial charge is 0.207 e. The number of hydrogen-bond acceptors (Lipinski definition) is 0. The molecule has 0 bridgehead atoms. The Bertz CT molecular complexity index is 295. The predicted molar refractivity (Wildman–Crippen MR) is 69.6 cm³/mol. The average Bonchev–Trinajstić information content (AvgIpc) is 3.17. The zero-order valence-corrected chi connectivity index (χ0v) is 11.5. The summed E-state index contributed by atoms with van der Waals surface area (Å²) < 4.78 is 27.3. The van der Waals surface area contributed by atoms with Crippen LogP contribution in [-0.2, 0) is 0 Å². The second-order valence-corrected chi connectivity index (χ2v) is 7.09. The molecule has 0 amide bonds. The number of hydrogen-bond donors (Lipinski definition) is 0. The Morgan fingerprint density at radius 1 is 0.944 bits per heavy atom. The second kappa shape index (κ2) is 4.76. The molecule has 0 N–H and O–H groups in total. The van der Waals surface area contributed by atoms with Crippen molar-refractivity contribution < 1.29 is 8.78 Å². The van der Waals surface area contributed by atoms with Crippen molar-refractivity contribution in [3.63, 3.8) is 0 Å². The van der Waals surface area contributed by atoms with Gasteiger partial charge in [-0.25, -0.2) is 8.78 Å². The van der Waals surface area contributed by atoms with Gasteiger partial charge in [-0.15, -0.1) is 0 Å². The van der Waals surface area contributed by atoms with Crippen molar-refractivity contribution >= 4 is 0 Å². The van der Waals surface area contributed by atoms with E-state index in [-0.39, 0.29) is 12.3 Å². The van der Waals surface area contributed by atoms with Crippen LogP contribution in [-0.4, -0.2) is 5.92 Å². The van der Waals surface area contributed by atoms with E-state index >= 15 is 0 Å². The van der Waals surface area contributed by atoms with Crippen LogP contribution in [0.1, 0.15) is 64.7 Å². The second-order valence-electron chi connectivity index (χ2n) is 7.09. The van der Waals surface area contributed by atoms with Crippen LogP contribution >= 0.6 is 0 Å². The van der Waals surface area contributed by atoms with Crippen LogP contribution in [0.2, 0.25) is 0 Å². The monoisotopic (exact) mass is 256 g/mol. The molecule has 4 atom stereocenters. The zero-order chi connectivity index (χ0) is 12.8. The summed E-state index contributed by atoms with van der Waals surface area (Å²) in [4.78, 5) is 0. The predicted octanol–water partition coefficient (Wildman–Crippen LogP) is 5.27. The number of rotatable bonds is 8. The van der Waals surface area contributed by atoms with E-state index in [1.165, 1.54) is 32.1 Å². The molecule has 3 aliphatic rings. The van der Waals surface area contributed by atoms with Gasteiger partial charge in [-0.3, -0.25) is 0 Å². The van der Waals surface area contributed by atoms with E-state index in [4.69, 9.17) is 0 Å². The fourth-order valence-corrected chi connectivity index (χ4v) is 3.74. The summed E-state index contributed by atoms with van der Waals surface area (Å²) in [7, 11) is 0. The lowest BCUT2D eigenvalue weighted by Gasteiger charge is -2.14. The third kappa shape index (κ3) is 3.05.